The Morgan fingerprint density at radius 3 is 2.66 bits per heavy atom. The van der Waals surface area contributed by atoms with Gasteiger partial charge in [0, 0.05) is 19.3 Å². The topological polar surface area (TPSA) is 94.6 Å². The first-order valence-electron chi connectivity index (χ1n) is 9.08. The molecule has 1 amide bonds. The summed E-state index contributed by atoms with van der Waals surface area (Å²) < 4.78 is 15.8. The number of hydrogen-bond donors (Lipinski definition) is 2. The molecular weight excluding hydrogens is 372 g/mol. The Balaban J connectivity index is 1.34. The van der Waals surface area contributed by atoms with Crippen LogP contribution in [-0.4, -0.2) is 29.8 Å². The van der Waals surface area contributed by atoms with Crippen LogP contribution in [0.25, 0.3) is 0 Å². The number of nitrogens with one attached hydrogen (secondary N) is 2. The molecule has 4 rings (SSSR count). The molecular formula is C21H20N4O4. The highest BCUT2D eigenvalue weighted by atomic mass is 16.7. The summed E-state index contributed by atoms with van der Waals surface area (Å²) in [5, 5.41) is 5.98. The second-order valence-electron chi connectivity index (χ2n) is 6.34. The van der Waals surface area contributed by atoms with Crippen molar-refractivity contribution in [1.82, 2.24) is 15.3 Å². The van der Waals surface area contributed by atoms with Crippen LogP contribution in [0.15, 0.2) is 54.7 Å². The van der Waals surface area contributed by atoms with E-state index in [0.29, 0.717) is 24.7 Å². The molecule has 2 heterocycles. The number of anilines is 1. The number of fused-ring (bicyclic) bond motifs is 1. The summed E-state index contributed by atoms with van der Waals surface area (Å²) in [6.45, 7) is 1.13. The molecule has 0 spiro atoms. The minimum atomic E-state index is -0.269. The molecule has 2 N–H and O–H groups in total. The molecule has 0 radical (unpaired) electrons. The molecule has 8 heteroatoms. The van der Waals surface area contributed by atoms with Gasteiger partial charge in [0.2, 0.25) is 12.7 Å². The molecule has 0 aliphatic carbocycles. The zero-order valence-corrected chi connectivity index (χ0v) is 15.8. The van der Waals surface area contributed by atoms with E-state index in [4.69, 9.17) is 14.2 Å². The number of aromatic nitrogens is 2. The molecule has 148 valence electrons. The minimum Gasteiger partial charge on any atom is -0.497 e. The van der Waals surface area contributed by atoms with Gasteiger partial charge in [-0.25, -0.2) is 9.97 Å². The number of nitrogens with zero attached hydrogens (tertiary/aromatic N) is 2. The van der Waals surface area contributed by atoms with Crippen molar-refractivity contribution in [1.29, 1.82) is 0 Å². The van der Waals surface area contributed by atoms with Gasteiger partial charge in [-0.1, -0.05) is 18.2 Å². The predicted molar refractivity (Wildman–Crippen MR) is 106 cm³/mol. The average molecular weight is 392 g/mol. The van der Waals surface area contributed by atoms with Gasteiger partial charge in [-0.3, -0.25) is 4.79 Å². The third kappa shape index (κ3) is 4.55. The molecule has 2 aromatic carbocycles. The van der Waals surface area contributed by atoms with Crippen molar-refractivity contribution >= 4 is 11.9 Å². The van der Waals surface area contributed by atoms with Crippen molar-refractivity contribution in [3.8, 4) is 17.2 Å². The summed E-state index contributed by atoms with van der Waals surface area (Å²) >= 11 is 0. The Hall–Kier alpha value is -3.81. The van der Waals surface area contributed by atoms with Gasteiger partial charge in [0.05, 0.1) is 7.11 Å². The lowest BCUT2D eigenvalue weighted by Crippen LogP contribution is -2.24. The van der Waals surface area contributed by atoms with Crippen LogP contribution in [0.1, 0.15) is 21.6 Å². The van der Waals surface area contributed by atoms with Crippen molar-refractivity contribution in [3.05, 3.63) is 71.5 Å². The zero-order valence-electron chi connectivity index (χ0n) is 15.8. The molecule has 1 aliphatic heterocycles. The van der Waals surface area contributed by atoms with Crippen LogP contribution < -0.4 is 24.8 Å². The molecule has 0 bridgehead atoms. The normalized spacial score (nSPS) is 11.8. The molecule has 3 aromatic rings. The van der Waals surface area contributed by atoms with Gasteiger partial charge < -0.3 is 24.8 Å². The largest absolute Gasteiger partial charge is 0.497 e. The van der Waals surface area contributed by atoms with E-state index >= 15 is 0 Å². The molecule has 0 fully saturated rings. The number of methoxy groups -OCH3 is 1. The van der Waals surface area contributed by atoms with E-state index in [-0.39, 0.29) is 12.7 Å². The first kappa shape index (κ1) is 18.5. The fourth-order valence-electron chi connectivity index (χ4n) is 2.82. The van der Waals surface area contributed by atoms with E-state index in [1.165, 1.54) is 0 Å². The summed E-state index contributed by atoms with van der Waals surface area (Å²) in [6, 6.07) is 14.8. The van der Waals surface area contributed by atoms with Crippen molar-refractivity contribution in [2.75, 3.05) is 19.2 Å². The molecule has 0 unspecified atom stereocenters. The number of amides is 1. The number of carbonyl (C=O) groups is 1. The molecule has 0 saturated carbocycles. The van der Waals surface area contributed by atoms with Crippen LogP contribution in [0.5, 0.6) is 17.2 Å². The first-order valence-corrected chi connectivity index (χ1v) is 9.08. The van der Waals surface area contributed by atoms with E-state index in [1.807, 2.05) is 42.5 Å². The third-order valence-electron chi connectivity index (χ3n) is 4.39. The monoisotopic (exact) mass is 392 g/mol. The number of ether oxygens (including phenoxy) is 3. The van der Waals surface area contributed by atoms with Gasteiger partial charge in [0.25, 0.3) is 5.91 Å². The lowest BCUT2D eigenvalue weighted by Gasteiger charge is -2.08. The van der Waals surface area contributed by atoms with Crippen LogP contribution in [0.2, 0.25) is 0 Å². The zero-order chi connectivity index (χ0) is 20.1. The van der Waals surface area contributed by atoms with Gasteiger partial charge in [-0.15, -0.1) is 0 Å². The van der Waals surface area contributed by atoms with Crippen molar-refractivity contribution in [3.63, 3.8) is 0 Å². The number of benzene rings is 2. The Morgan fingerprint density at radius 2 is 1.83 bits per heavy atom. The van der Waals surface area contributed by atoms with E-state index in [1.54, 1.807) is 19.4 Å². The van der Waals surface area contributed by atoms with Crippen LogP contribution in [0, 0.1) is 0 Å². The van der Waals surface area contributed by atoms with Crippen molar-refractivity contribution < 1.29 is 19.0 Å². The second kappa shape index (κ2) is 8.47. The van der Waals surface area contributed by atoms with Crippen molar-refractivity contribution in [2.24, 2.45) is 0 Å². The lowest BCUT2D eigenvalue weighted by molar-refractivity contribution is 0.0946. The molecule has 0 saturated heterocycles. The van der Waals surface area contributed by atoms with Crippen LogP contribution in [0.3, 0.4) is 0 Å². The van der Waals surface area contributed by atoms with E-state index < -0.39 is 0 Å². The summed E-state index contributed by atoms with van der Waals surface area (Å²) in [5.41, 5.74) is 2.25. The summed E-state index contributed by atoms with van der Waals surface area (Å²) in [6.07, 6.45) is 1.55. The summed E-state index contributed by atoms with van der Waals surface area (Å²) in [5.74, 6) is 2.33. The van der Waals surface area contributed by atoms with Crippen LogP contribution in [-0.2, 0) is 13.1 Å². The molecule has 29 heavy (non-hydrogen) atoms. The second-order valence-corrected chi connectivity index (χ2v) is 6.34. The van der Waals surface area contributed by atoms with Crippen LogP contribution >= 0.6 is 0 Å². The molecule has 1 aliphatic rings. The first-order chi connectivity index (χ1) is 14.2. The van der Waals surface area contributed by atoms with Gasteiger partial charge in [0.15, 0.2) is 11.5 Å². The van der Waals surface area contributed by atoms with E-state index in [9.17, 15) is 4.79 Å². The van der Waals surface area contributed by atoms with E-state index in [2.05, 4.69) is 20.6 Å². The maximum atomic E-state index is 12.4. The SMILES string of the molecule is COc1ccc(CNC(=O)c2ccnc(NCc3ccc4c(c3)OCO4)n2)cc1. The summed E-state index contributed by atoms with van der Waals surface area (Å²) in [7, 11) is 1.62. The Kier molecular flexibility index (Phi) is 5.42. The molecule has 0 atom stereocenters. The minimum absolute atomic E-state index is 0.239. The maximum absolute atomic E-state index is 12.4. The average Bonchev–Trinajstić information content (AvgIpc) is 3.24. The fourth-order valence-corrected chi connectivity index (χ4v) is 2.82. The standard InChI is InChI=1S/C21H20N4O4/c1-27-16-5-2-14(3-6-16)11-23-20(26)17-8-9-22-21(25-17)24-12-15-4-7-18-19(10-15)29-13-28-18/h2-10H,11-13H2,1H3,(H,23,26)(H,22,24,25). The summed E-state index contributed by atoms with van der Waals surface area (Å²) in [4.78, 5) is 20.9. The van der Waals surface area contributed by atoms with Gasteiger partial charge in [-0.05, 0) is 41.5 Å². The fraction of sp³-hybridized carbons (Fsp3) is 0.190. The predicted octanol–water partition coefficient (Wildman–Crippen LogP) is 2.76. The lowest BCUT2D eigenvalue weighted by atomic mass is 10.2. The Labute approximate surface area is 167 Å². The molecule has 8 nitrogen and oxygen atoms in total. The Bertz CT molecular complexity index is 1010. The van der Waals surface area contributed by atoms with Gasteiger partial charge in [0.1, 0.15) is 11.4 Å². The smallest absolute Gasteiger partial charge is 0.270 e. The van der Waals surface area contributed by atoms with Gasteiger partial charge in [-0.2, -0.15) is 0 Å². The highest BCUT2D eigenvalue weighted by Crippen LogP contribution is 2.32. The number of rotatable bonds is 7. The molecule has 1 aromatic heterocycles. The number of carbonyl (C=O) groups excluding carboxylic acids is 1. The van der Waals surface area contributed by atoms with Crippen LogP contribution in [0.4, 0.5) is 5.95 Å². The third-order valence-corrected chi connectivity index (χ3v) is 4.39. The maximum Gasteiger partial charge on any atom is 0.270 e. The highest BCUT2D eigenvalue weighted by molar-refractivity contribution is 5.92. The number of hydrogen-bond acceptors (Lipinski definition) is 7. The Morgan fingerprint density at radius 1 is 1.03 bits per heavy atom. The highest BCUT2D eigenvalue weighted by Gasteiger charge is 2.13. The van der Waals surface area contributed by atoms with Gasteiger partial charge >= 0.3 is 0 Å². The quantitative estimate of drug-likeness (QED) is 0.638. The van der Waals surface area contributed by atoms with E-state index in [0.717, 1.165) is 28.4 Å². The van der Waals surface area contributed by atoms with Crippen molar-refractivity contribution in [2.45, 2.75) is 13.1 Å².